The van der Waals surface area contributed by atoms with Crippen LogP contribution in [0.1, 0.15) is 33.2 Å². The second-order valence-electron chi connectivity index (χ2n) is 16.3. The molecule has 0 amide bonds. The fraction of sp³-hybridized carbons (Fsp3) is 0.0645. The van der Waals surface area contributed by atoms with Crippen molar-refractivity contribution >= 4 is 38.5 Å². The maximum absolute atomic E-state index is 16.3. The molecule has 0 spiro atoms. The summed E-state index contributed by atoms with van der Waals surface area (Å²) in [5, 5.41) is 1.54. The molecule has 0 N–H and O–H groups in total. The zero-order valence-corrected chi connectivity index (χ0v) is 39.2. The van der Waals surface area contributed by atoms with E-state index in [1.54, 1.807) is 54.7 Å². The summed E-state index contributed by atoms with van der Waals surface area (Å²) in [4.78, 5) is 18.5. The van der Waals surface area contributed by atoms with E-state index in [-0.39, 0.29) is 36.8 Å². The van der Waals surface area contributed by atoms with Gasteiger partial charge in [-0.05, 0) is 93.4 Å². The number of pyridine rings is 4. The summed E-state index contributed by atoms with van der Waals surface area (Å²) in [6, 6.07) is 57.9. The molecule has 5 heterocycles. The van der Waals surface area contributed by atoms with Gasteiger partial charge in [0.1, 0.15) is 5.65 Å². The molecule has 0 unspecified atom stereocenters. The molecule has 0 saturated heterocycles. The van der Waals surface area contributed by atoms with Crippen LogP contribution in [0.5, 0.6) is 0 Å². The van der Waals surface area contributed by atoms with Crippen molar-refractivity contribution in [3.8, 4) is 55.9 Å². The Kier molecular flexibility index (Phi) is 9.86. The first-order valence-electron chi connectivity index (χ1n) is 26.2. The molecule has 0 aliphatic rings. The van der Waals surface area contributed by atoms with Gasteiger partial charge in [0.2, 0.25) is 0 Å². The molecular formula is C62H40F2IrN5. The smallest absolute Gasteiger partial charge is 0.335 e. The monoisotopic (exact) mass is 1090 g/mol. The van der Waals surface area contributed by atoms with Crippen LogP contribution >= 0.6 is 0 Å². The van der Waals surface area contributed by atoms with Crippen LogP contribution in [0.25, 0.3) is 94.4 Å². The van der Waals surface area contributed by atoms with Crippen molar-refractivity contribution in [1.29, 1.82) is 0 Å². The Morgan fingerprint density at radius 2 is 1.09 bits per heavy atom. The van der Waals surface area contributed by atoms with Gasteiger partial charge in [0.25, 0.3) is 0 Å². The van der Waals surface area contributed by atoms with Crippen molar-refractivity contribution < 1.29 is 39.9 Å². The number of hydrogen-bond donors (Lipinski definition) is 0. The quantitative estimate of drug-likeness (QED) is 0.0957. The predicted molar refractivity (Wildman–Crippen MR) is 272 cm³/mol. The zero-order valence-electron chi connectivity index (χ0n) is 44.8. The Labute approximate surface area is 428 Å². The molecule has 0 saturated carbocycles. The summed E-state index contributed by atoms with van der Waals surface area (Å²) in [5.74, 6) is -2.14. The number of aromatic nitrogens is 5. The van der Waals surface area contributed by atoms with Gasteiger partial charge >= 0.3 is 20.1 Å². The fourth-order valence-electron chi connectivity index (χ4n) is 8.83. The van der Waals surface area contributed by atoms with Crippen LogP contribution in [0.4, 0.5) is 8.78 Å². The normalized spacial score (nSPS) is 13.9. The van der Waals surface area contributed by atoms with Crippen LogP contribution in [0.2, 0.25) is 0 Å². The molecular weight excluding hydrogens is 1040 g/mol. The second kappa shape index (κ2) is 19.2. The molecule has 5 nitrogen and oxygen atoms in total. The van der Waals surface area contributed by atoms with Gasteiger partial charge in [-0.15, -0.1) is 71.1 Å². The molecule has 0 bridgehead atoms. The van der Waals surface area contributed by atoms with Crippen LogP contribution < -0.4 is 0 Å². The van der Waals surface area contributed by atoms with Crippen molar-refractivity contribution in [2.24, 2.45) is 0 Å². The van der Waals surface area contributed by atoms with Crippen molar-refractivity contribution in [2.75, 3.05) is 0 Å². The van der Waals surface area contributed by atoms with Crippen LogP contribution in [0.3, 0.4) is 0 Å². The number of aryl methyl sites for hydroxylation is 4. The van der Waals surface area contributed by atoms with E-state index in [9.17, 15) is 11.0 Å². The number of benzene rings is 7. The first kappa shape index (κ1) is 36.0. The van der Waals surface area contributed by atoms with Gasteiger partial charge in [0.05, 0.1) is 11.0 Å². The molecule has 7 aromatic carbocycles. The first-order valence-corrected chi connectivity index (χ1v) is 22.2. The van der Waals surface area contributed by atoms with Gasteiger partial charge in [-0.25, -0.2) is 13.8 Å². The van der Waals surface area contributed by atoms with E-state index in [4.69, 9.17) is 9.97 Å². The number of para-hydroxylation sites is 2. The molecule has 336 valence electrons. The van der Waals surface area contributed by atoms with Gasteiger partial charge in [-0.3, -0.25) is 0 Å². The maximum Gasteiger partial charge on any atom is 3.00 e. The zero-order chi connectivity index (χ0) is 53.4. The van der Waals surface area contributed by atoms with Crippen molar-refractivity contribution in [1.82, 2.24) is 24.3 Å². The predicted octanol–water partition coefficient (Wildman–Crippen LogP) is 14.6. The summed E-state index contributed by atoms with van der Waals surface area (Å²) < 4.78 is 111. The number of halogens is 2. The molecule has 12 aromatic rings. The third kappa shape index (κ3) is 8.46. The van der Waals surface area contributed by atoms with E-state index in [2.05, 4.69) is 32.6 Å². The first-order chi connectivity index (χ1) is 37.0. The van der Waals surface area contributed by atoms with E-state index in [0.717, 1.165) is 63.4 Å². The molecule has 0 atom stereocenters. The second-order valence-corrected chi connectivity index (χ2v) is 16.3. The van der Waals surface area contributed by atoms with Crippen LogP contribution in [0, 0.1) is 29.8 Å². The summed E-state index contributed by atoms with van der Waals surface area (Å²) in [6.45, 7) is 0. The number of nitrogens with zero attached hydrogens (tertiary/aromatic N) is 5. The largest absolute Gasteiger partial charge is 3.00 e. The third-order valence-corrected chi connectivity index (χ3v) is 12.1. The maximum atomic E-state index is 16.3. The number of rotatable bonds is 11. The molecule has 0 fully saturated rings. The van der Waals surface area contributed by atoms with E-state index < -0.39 is 59.4 Å². The minimum Gasteiger partial charge on any atom is -0.335 e. The standard InChI is InChI=1S/C62H40F2N5.Ir/c63-53-37-46(55-16-8-10-31-65-55)26-24-43(53)22-20-40-34-41(21-23-44-25-27-47(38-54(44)64)56-17-9-11-32-66-56)36-48(35-40)50-15-5-4-14-49(50)45-28-29-52-59(39-45)69-58-19-7-6-18-57(58)68-62(69)60-51(30-33-67-61(52)60)42-12-2-1-3-13-42;/h1-19,24-25,28,30-39H,20-23H2;/q-3;+3/i20D2,21D2,22D2,23D2;. The fourth-order valence-corrected chi connectivity index (χ4v) is 8.83. The van der Waals surface area contributed by atoms with Crippen molar-refractivity contribution in [2.45, 2.75) is 25.5 Å². The van der Waals surface area contributed by atoms with E-state index in [1.807, 2.05) is 84.9 Å². The van der Waals surface area contributed by atoms with Crippen LogP contribution in [0.15, 0.2) is 195 Å². The van der Waals surface area contributed by atoms with Crippen LogP contribution in [-0.4, -0.2) is 24.3 Å². The van der Waals surface area contributed by atoms with Gasteiger partial charge in [-0.2, -0.15) is 0 Å². The number of hydrogen-bond acceptors (Lipinski definition) is 4. The molecule has 0 aliphatic heterocycles. The molecule has 8 heteroatoms. The van der Waals surface area contributed by atoms with Crippen molar-refractivity contribution in [3.05, 3.63) is 247 Å². The van der Waals surface area contributed by atoms with Gasteiger partial charge in [-0.1, -0.05) is 144 Å². The average molecular weight is 1090 g/mol. The minimum atomic E-state index is -3.15. The molecule has 0 aliphatic carbocycles. The summed E-state index contributed by atoms with van der Waals surface area (Å²) in [7, 11) is 0. The molecule has 5 aromatic heterocycles. The summed E-state index contributed by atoms with van der Waals surface area (Å²) >= 11 is 0. The van der Waals surface area contributed by atoms with Crippen LogP contribution in [-0.2, 0) is 45.6 Å². The molecule has 70 heavy (non-hydrogen) atoms. The minimum absolute atomic E-state index is 0. The topological polar surface area (TPSA) is 56.0 Å². The van der Waals surface area contributed by atoms with Gasteiger partial charge in [0.15, 0.2) is 0 Å². The Bertz CT molecular complexity index is 4150. The van der Waals surface area contributed by atoms with Gasteiger partial charge in [0, 0.05) is 52.1 Å². The number of imidazole rings is 1. The average Bonchev–Trinajstić information content (AvgIpc) is 3.89. The van der Waals surface area contributed by atoms with E-state index in [0.29, 0.717) is 44.6 Å². The summed E-state index contributed by atoms with van der Waals surface area (Å²) in [6.07, 6.45) is -7.79. The third-order valence-electron chi connectivity index (χ3n) is 12.1. The van der Waals surface area contributed by atoms with Crippen molar-refractivity contribution in [3.63, 3.8) is 0 Å². The SMILES string of the molecule is [2H]C([2H])(c1cc(-c2ccccc2-c2c[c-]c3c4nccc(-c5ccccc5)c4c4nc5ccccc5n4c3c2)cc(C([2H])([2H])C([2H])([2H])c2c[c-]c(-c3ccccn3)cc2F)c1)C([2H])([2H])c1c[c-]c(-c2ccccn2)cc1F.[Ir+3]. The van der Waals surface area contributed by atoms with E-state index in [1.165, 1.54) is 24.5 Å². The Hall–Kier alpha value is -8.03. The Morgan fingerprint density at radius 3 is 1.71 bits per heavy atom. The summed E-state index contributed by atoms with van der Waals surface area (Å²) in [5.41, 5.74) is 6.30. The Morgan fingerprint density at radius 1 is 0.486 bits per heavy atom. The van der Waals surface area contributed by atoms with E-state index >= 15 is 8.78 Å². The molecule has 0 radical (unpaired) electrons. The number of fused-ring (bicyclic) bond motifs is 8. The molecule has 12 rings (SSSR count). The Balaban J connectivity index is 0.00000645. The van der Waals surface area contributed by atoms with Gasteiger partial charge < -0.3 is 19.4 Å².